The van der Waals surface area contributed by atoms with E-state index in [1.54, 1.807) is 18.9 Å². The predicted molar refractivity (Wildman–Crippen MR) is 133 cm³/mol. The zero-order valence-electron chi connectivity index (χ0n) is 19.3. The fraction of sp³-hybridized carbons (Fsp3) is 0.259. The second-order valence-electron chi connectivity index (χ2n) is 8.94. The summed E-state index contributed by atoms with van der Waals surface area (Å²) in [4.78, 5) is 0. The minimum absolute atomic E-state index is 0.156. The lowest BCUT2D eigenvalue weighted by Gasteiger charge is -2.19. The van der Waals surface area contributed by atoms with E-state index in [0.29, 0.717) is 0 Å². The Morgan fingerprint density at radius 2 is 1.62 bits per heavy atom. The van der Waals surface area contributed by atoms with E-state index in [9.17, 15) is 0 Å². The molecule has 3 aromatic carbocycles. The Labute approximate surface area is 194 Å². The van der Waals surface area contributed by atoms with Crippen LogP contribution < -0.4 is 4.74 Å². The number of ether oxygens (including phenoxy) is 1. The highest BCUT2D eigenvalue weighted by molar-refractivity contribution is 7.98. The topological polar surface area (TPSA) is 39.9 Å². The van der Waals surface area contributed by atoms with Gasteiger partial charge in [0.1, 0.15) is 5.75 Å². The number of hydrogen-bond donors (Lipinski definition) is 0. The molecule has 1 heterocycles. The second kappa shape index (κ2) is 9.21. The largest absolute Gasteiger partial charge is 0.497 e. The van der Waals surface area contributed by atoms with E-state index >= 15 is 0 Å². The van der Waals surface area contributed by atoms with Crippen molar-refractivity contribution in [3.05, 3.63) is 89.5 Å². The fourth-order valence-corrected chi connectivity index (χ4v) is 4.46. The van der Waals surface area contributed by atoms with E-state index in [1.165, 1.54) is 16.7 Å². The zero-order valence-corrected chi connectivity index (χ0v) is 20.1. The molecule has 0 fully saturated rings. The van der Waals surface area contributed by atoms with Crippen molar-refractivity contribution in [2.24, 2.45) is 0 Å². The van der Waals surface area contributed by atoms with Gasteiger partial charge in [-0.15, -0.1) is 10.2 Å². The normalized spacial score (nSPS) is 11.5. The van der Waals surface area contributed by atoms with Gasteiger partial charge in [-0.25, -0.2) is 0 Å². The van der Waals surface area contributed by atoms with Gasteiger partial charge in [0.15, 0.2) is 11.0 Å². The number of benzene rings is 3. The Bertz CT molecular complexity index is 1190. The van der Waals surface area contributed by atoms with Crippen molar-refractivity contribution >= 4 is 11.8 Å². The number of aromatic nitrogens is 3. The minimum Gasteiger partial charge on any atom is -0.497 e. The molecule has 0 atom stereocenters. The summed E-state index contributed by atoms with van der Waals surface area (Å²) in [7, 11) is 1.68. The van der Waals surface area contributed by atoms with Crippen molar-refractivity contribution < 1.29 is 4.74 Å². The summed E-state index contributed by atoms with van der Waals surface area (Å²) in [6.07, 6.45) is 0. The third-order valence-electron chi connectivity index (χ3n) is 5.43. The first-order valence-corrected chi connectivity index (χ1v) is 11.7. The molecule has 0 saturated heterocycles. The van der Waals surface area contributed by atoms with Gasteiger partial charge < -0.3 is 4.74 Å². The van der Waals surface area contributed by atoms with Crippen LogP contribution in [0, 0.1) is 6.92 Å². The van der Waals surface area contributed by atoms with Gasteiger partial charge in [0.2, 0.25) is 0 Å². The lowest BCUT2D eigenvalue weighted by atomic mass is 9.87. The van der Waals surface area contributed by atoms with Gasteiger partial charge in [-0.05, 0) is 53.8 Å². The van der Waals surface area contributed by atoms with Crippen LogP contribution in [-0.2, 0) is 11.2 Å². The van der Waals surface area contributed by atoms with Gasteiger partial charge >= 0.3 is 0 Å². The smallest absolute Gasteiger partial charge is 0.196 e. The lowest BCUT2D eigenvalue weighted by molar-refractivity contribution is 0.414. The number of hydrogen-bond acceptors (Lipinski definition) is 4. The highest BCUT2D eigenvalue weighted by atomic mass is 32.2. The first-order chi connectivity index (χ1) is 15.3. The van der Waals surface area contributed by atoms with Crippen LogP contribution in [0.5, 0.6) is 5.75 Å². The molecular weight excluding hydrogens is 414 g/mol. The molecule has 1 aromatic heterocycles. The van der Waals surface area contributed by atoms with Crippen molar-refractivity contribution in [3.63, 3.8) is 0 Å². The van der Waals surface area contributed by atoms with E-state index in [2.05, 4.69) is 91.0 Å². The predicted octanol–water partition coefficient (Wildman–Crippen LogP) is 6.84. The number of rotatable bonds is 6. The Morgan fingerprint density at radius 3 is 2.25 bits per heavy atom. The summed E-state index contributed by atoms with van der Waals surface area (Å²) in [6.45, 7) is 8.80. The van der Waals surface area contributed by atoms with Crippen molar-refractivity contribution in [3.8, 4) is 22.8 Å². The van der Waals surface area contributed by atoms with Crippen molar-refractivity contribution in [1.82, 2.24) is 14.8 Å². The van der Waals surface area contributed by atoms with Crippen LogP contribution >= 0.6 is 11.8 Å². The van der Waals surface area contributed by atoms with Crippen LogP contribution in [0.15, 0.2) is 78.0 Å². The SMILES string of the molecule is COc1ccc(-n2c(SCc3ccc(C(C)(C)C)cc3)nnc2-c2cccc(C)c2)cc1. The summed E-state index contributed by atoms with van der Waals surface area (Å²) in [6, 6.07) is 25.3. The van der Waals surface area contributed by atoms with Gasteiger partial charge in [-0.1, -0.05) is 80.6 Å². The van der Waals surface area contributed by atoms with E-state index in [4.69, 9.17) is 4.74 Å². The monoisotopic (exact) mass is 443 g/mol. The molecule has 0 unspecified atom stereocenters. The molecule has 0 bridgehead atoms. The van der Waals surface area contributed by atoms with E-state index < -0.39 is 0 Å². The van der Waals surface area contributed by atoms with Crippen molar-refractivity contribution in [2.45, 2.75) is 44.0 Å². The Morgan fingerprint density at radius 1 is 0.906 bits per heavy atom. The maximum atomic E-state index is 5.34. The summed E-state index contributed by atoms with van der Waals surface area (Å²) >= 11 is 1.70. The Kier molecular flexibility index (Phi) is 6.38. The summed E-state index contributed by atoms with van der Waals surface area (Å²) < 4.78 is 7.47. The second-order valence-corrected chi connectivity index (χ2v) is 9.89. The standard InChI is InChI=1S/C27H29N3OS/c1-19-7-6-8-21(17-19)25-28-29-26(30(25)23-13-15-24(31-5)16-14-23)32-18-20-9-11-22(12-10-20)27(2,3)4/h6-17H,18H2,1-5H3. The van der Waals surface area contributed by atoms with Crippen LogP contribution in [0.2, 0.25) is 0 Å². The van der Waals surface area contributed by atoms with Crippen LogP contribution in [0.25, 0.3) is 17.1 Å². The van der Waals surface area contributed by atoms with Gasteiger partial charge in [0, 0.05) is 17.0 Å². The number of aryl methyl sites for hydroxylation is 1. The van der Waals surface area contributed by atoms with Gasteiger partial charge in [0.05, 0.1) is 7.11 Å². The van der Waals surface area contributed by atoms with Crippen LogP contribution in [-0.4, -0.2) is 21.9 Å². The number of thioether (sulfide) groups is 1. The molecule has 5 heteroatoms. The van der Waals surface area contributed by atoms with E-state index in [0.717, 1.165) is 33.7 Å². The quantitative estimate of drug-likeness (QED) is 0.306. The third kappa shape index (κ3) is 4.89. The Hall–Kier alpha value is -3.05. The highest BCUT2D eigenvalue weighted by Gasteiger charge is 2.17. The molecule has 0 spiro atoms. The van der Waals surface area contributed by atoms with Crippen LogP contribution in [0.3, 0.4) is 0 Å². The molecule has 0 amide bonds. The third-order valence-corrected chi connectivity index (χ3v) is 6.43. The maximum Gasteiger partial charge on any atom is 0.196 e. The van der Waals surface area contributed by atoms with E-state index in [-0.39, 0.29) is 5.41 Å². The number of nitrogens with zero attached hydrogens (tertiary/aromatic N) is 3. The molecule has 0 N–H and O–H groups in total. The Balaban J connectivity index is 1.67. The molecule has 164 valence electrons. The maximum absolute atomic E-state index is 5.34. The van der Waals surface area contributed by atoms with Crippen LogP contribution in [0.1, 0.15) is 37.5 Å². The van der Waals surface area contributed by atoms with E-state index in [1.807, 2.05) is 24.3 Å². The molecule has 0 saturated carbocycles. The zero-order chi connectivity index (χ0) is 22.7. The van der Waals surface area contributed by atoms with Crippen molar-refractivity contribution in [2.75, 3.05) is 7.11 Å². The lowest BCUT2D eigenvalue weighted by Crippen LogP contribution is -2.10. The summed E-state index contributed by atoms with van der Waals surface area (Å²) in [5, 5.41) is 9.99. The molecule has 4 nitrogen and oxygen atoms in total. The minimum atomic E-state index is 0.156. The molecule has 0 radical (unpaired) electrons. The number of methoxy groups -OCH3 is 1. The summed E-state index contributed by atoms with van der Waals surface area (Å²) in [5.41, 5.74) is 6.02. The van der Waals surface area contributed by atoms with Crippen LogP contribution in [0.4, 0.5) is 0 Å². The van der Waals surface area contributed by atoms with Gasteiger partial charge in [-0.3, -0.25) is 4.57 Å². The first kappa shape index (κ1) is 22.2. The molecule has 32 heavy (non-hydrogen) atoms. The first-order valence-electron chi connectivity index (χ1n) is 10.7. The average Bonchev–Trinajstić information content (AvgIpc) is 3.21. The van der Waals surface area contributed by atoms with Crippen molar-refractivity contribution in [1.29, 1.82) is 0 Å². The molecule has 0 aliphatic carbocycles. The molecular formula is C27H29N3OS. The average molecular weight is 444 g/mol. The van der Waals surface area contributed by atoms with Gasteiger partial charge in [-0.2, -0.15) is 0 Å². The van der Waals surface area contributed by atoms with Gasteiger partial charge in [0.25, 0.3) is 0 Å². The fourth-order valence-electron chi connectivity index (χ4n) is 3.55. The molecule has 4 rings (SSSR count). The molecule has 0 aliphatic rings. The molecule has 4 aromatic rings. The summed E-state index contributed by atoms with van der Waals surface area (Å²) in [5.74, 6) is 2.49. The molecule has 0 aliphatic heterocycles. The highest BCUT2D eigenvalue weighted by Crippen LogP contribution is 2.31.